The first-order valence-corrected chi connectivity index (χ1v) is 8.15. The number of aliphatic hydroxyl groups is 1. The van der Waals surface area contributed by atoms with Crippen molar-refractivity contribution in [2.75, 3.05) is 7.05 Å². The summed E-state index contributed by atoms with van der Waals surface area (Å²) >= 11 is 0. The number of aliphatic hydroxyl groups excluding tert-OH is 1. The fourth-order valence-corrected chi connectivity index (χ4v) is 4.76. The van der Waals surface area contributed by atoms with E-state index < -0.39 is 12.0 Å². The molecule has 0 aromatic rings. The minimum Gasteiger partial charge on any atom is -0.382 e. The van der Waals surface area contributed by atoms with E-state index in [1.165, 1.54) is 30.6 Å². The van der Waals surface area contributed by atoms with Gasteiger partial charge in [0.15, 0.2) is 0 Å². The molecule has 1 heterocycles. The third-order valence-corrected chi connectivity index (χ3v) is 6.18. The molecule has 4 unspecified atom stereocenters. The third-order valence-electron chi connectivity index (χ3n) is 6.18. The van der Waals surface area contributed by atoms with Crippen LogP contribution in [0.5, 0.6) is 0 Å². The number of nitrogens with one attached hydrogen (secondary N) is 1. The minimum absolute atomic E-state index is 0.133. The summed E-state index contributed by atoms with van der Waals surface area (Å²) < 4.78 is 0. The van der Waals surface area contributed by atoms with Gasteiger partial charge in [-0.15, -0.1) is 0 Å². The summed E-state index contributed by atoms with van der Waals surface area (Å²) in [6, 6.07) is -0.118. The van der Waals surface area contributed by atoms with E-state index in [4.69, 9.17) is 0 Å². The maximum Gasteiger partial charge on any atom is 0.252 e. The number of hydrogen-bond donors (Lipinski definition) is 2. The molecule has 5 nitrogen and oxygen atoms in total. The van der Waals surface area contributed by atoms with Crippen LogP contribution in [-0.2, 0) is 9.59 Å². The van der Waals surface area contributed by atoms with Gasteiger partial charge in [0.25, 0.3) is 5.91 Å². The van der Waals surface area contributed by atoms with Crippen LogP contribution in [0.1, 0.15) is 39.5 Å². The maximum absolute atomic E-state index is 12.5. The monoisotopic (exact) mass is 294 g/mol. The van der Waals surface area contributed by atoms with Gasteiger partial charge < -0.3 is 15.3 Å². The lowest BCUT2D eigenvalue weighted by Gasteiger charge is -2.30. The van der Waals surface area contributed by atoms with Crippen LogP contribution < -0.4 is 5.32 Å². The van der Waals surface area contributed by atoms with Crippen molar-refractivity contribution in [1.82, 2.24) is 10.2 Å². The number of carbonyl (C=O) groups is 2. The summed E-state index contributed by atoms with van der Waals surface area (Å²) in [7, 11) is 1.64. The van der Waals surface area contributed by atoms with Crippen molar-refractivity contribution in [3.63, 3.8) is 0 Å². The zero-order valence-electron chi connectivity index (χ0n) is 13.1. The Balaban J connectivity index is 1.62. The highest BCUT2D eigenvalue weighted by atomic mass is 16.3. The Labute approximate surface area is 126 Å². The van der Waals surface area contributed by atoms with E-state index in [2.05, 4.69) is 12.2 Å². The molecule has 2 N–H and O–H groups in total. The lowest BCUT2D eigenvalue weighted by Crippen LogP contribution is -2.47. The van der Waals surface area contributed by atoms with Gasteiger partial charge in [-0.3, -0.25) is 9.59 Å². The van der Waals surface area contributed by atoms with Crippen molar-refractivity contribution in [1.29, 1.82) is 0 Å². The molecular formula is C16H26N2O3. The summed E-state index contributed by atoms with van der Waals surface area (Å²) in [6.07, 6.45) is 3.97. The van der Waals surface area contributed by atoms with Crippen LogP contribution >= 0.6 is 0 Å². The summed E-state index contributed by atoms with van der Waals surface area (Å²) in [5.74, 6) is 0.986. The molecule has 21 heavy (non-hydrogen) atoms. The number of nitrogens with zero attached hydrogens (tertiary/aromatic N) is 1. The van der Waals surface area contributed by atoms with Crippen molar-refractivity contribution in [2.24, 2.45) is 23.7 Å². The third kappa shape index (κ3) is 2.35. The standard InChI is InChI=1S/C16H26N2O3/c1-8(12-7-10-4-5-11(12)6-10)17-15(20)13-9(2)18(3)16(21)14(13)19/h8-14,19H,4-7H2,1-3H3,(H,17,20)/t8?,9-,10?,11?,12?,13-,14-/m1/s1. The quantitative estimate of drug-likeness (QED) is 0.807. The minimum atomic E-state index is -1.20. The highest BCUT2D eigenvalue weighted by Gasteiger charge is 2.48. The number of likely N-dealkylation sites (N-methyl/N-ethyl adjacent to an activating group) is 1. The number of fused-ring (bicyclic) bond motifs is 2. The van der Waals surface area contributed by atoms with Crippen molar-refractivity contribution in [3.8, 4) is 0 Å². The molecule has 0 spiro atoms. The number of amides is 2. The van der Waals surface area contributed by atoms with Crippen LogP contribution in [0.3, 0.4) is 0 Å². The molecule has 2 aliphatic carbocycles. The molecule has 7 atom stereocenters. The lowest BCUT2D eigenvalue weighted by atomic mass is 9.83. The van der Waals surface area contributed by atoms with E-state index in [1.807, 2.05) is 6.92 Å². The molecule has 1 saturated heterocycles. The number of rotatable bonds is 3. The van der Waals surface area contributed by atoms with Gasteiger partial charge in [0.2, 0.25) is 5.91 Å². The van der Waals surface area contributed by atoms with Gasteiger partial charge in [-0.25, -0.2) is 0 Å². The normalized spacial score (nSPS) is 43.4. The largest absolute Gasteiger partial charge is 0.382 e. The van der Waals surface area contributed by atoms with Gasteiger partial charge in [-0.05, 0) is 50.9 Å². The molecule has 2 bridgehead atoms. The Bertz CT molecular complexity index is 453. The van der Waals surface area contributed by atoms with E-state index in [0.29, 0.717) is 5.92 Å². The van der Waals surface area contributed by atoms with Crippen molar-refractivity contribution in [3.05, 3.63) is 0 Å². The molecule has 3 fully saturated rings. The zero-order chi connectivity index (χ0) is 15.3. The van der Waals surface area contributed by atoms with E-state index in [9.17, 15) is 14.7 Å². The molecule has 2 saturated carbocycles. The predicted molar refractivity (Wildman–Crippen MR) is 78.3 cm³/mol. The Morgan fingerprint density at radius 2 is 2.10 bits per heavy atom. The van der Waals surface area contributed by atoms with Gasteiger partial charge in [0.1, 0.15) is 6.10 Å². The van der Waals surface area contributed by atoms with Crippen LogP contribution in [-0.4, -0.2) is 47.1 Å². The molecule has 0 radical (unpaired) electrons. The first-order chi connectivity index (χ1) is 9.90. The van der Waals surface area contributed by atoms with Crippen molar-refractivity contribution >= 4 is 11.8 Å². The van der Waals surface area contributed by atoms with Crippen LogP contribution in [0.25, 0.3) is 0 Å². The van der Waals surface area contributed by atoms with E-state index in [0.717, 1.165) is 11.8 Å². The number of hydrogen-bond acceptors (Lipinski definition) is 3. The van der Waals surface area contributed by atoms with E-state index in [-0.39, 0.29) is 23.9 Å². The SMILES string of the molecule is CC(NC(=O)[C@@H]1[C@@H](C)N(C)C(=O)[C@@H]1O)C1CC2CCC1C2. The molecule has 2 amide bonds. The smallest absolute Gasteiger partial charge is 0.252 e. The summed E-state index contributed by atoms with van der Waals surface area (Å²) in [6.45, 7) is 3.89. The fraction of sp³-hybridized carbons (Fsp3) is 0.875. The highest BCUT2D eigenvalue weighted by Crippen LogP contribution is 2.49. The van der Waals surface area contributed by atoms with Crippen LogP contribution in [0.15, 0.2) is 0 Å². The van der Waals surface area contributed by atoms with Gasteiger partial charge in [0, 0.05) is 19.1 Å². The van der Waals surface area contributed by atoms with Gasteiger partial charge in [0.05, 0.1) is 5.92 Å². The van der Waals surface area contributed by atoms with Gasteiger partial charge >= 0.3 is 0 Å². The topological polar surface area (TPSA) is 69.6 Å². The summed E-state index contributed by atoms with van der Waals surface area (Å²) in [5, 5.41) is 13.1. The Hall–Kier alpha value is -1.10. The zero-order valence-corrected chi connectivity index (χ0v) is 13.1. The second-order valence-corrected chi connectivity index (χ2v) is 7.30. The Kier molecular flexibility index (Phi) is 3.72. The molecular weight excluding hydrogens is 268 g/mol. The molecule has 0 aromatic carbocycles. The average Bonchev–Trinajstić information content (AvgIpc) is 3.11. The predicted octanol–water partition coefficient (Wildman–Crippen LogP) is 0.765. The lowest BCUT2D eigenvalue weighted by molar-refractivity contribution is -0.137. The second-order valence-electron chi connectivity index (χ2n) is 7.30. The molecule has 1 aliphatic heterocycles. The number of carbonyl (C=O) groups excluding carboxylic acids is 2. The van der Waals surface area contributed by atoms with E-state index in [1.54, 1.807) is 7.05 Å². The van der Waals surface area contributed by atoms with Crippen molar-refractivity contribution in [2.45, 2.75) is 57.7 Å². The molecule has 118 valence electrons. The first-order valence-electron chi connectivity index (χ1n) is 8.15. The maximum atomic E-state index is 12.5. The van der Waals surface area contributed by atoms with Crippen LogP contribution in [0, 0.1) is 23.7 Å². The molecule has 3 aliphatic rings. The molecule has 3 rings (SSSR count). The van der Waals surface area contributed by atoms with Gasteiger partial charge in [-0.1, -0.05) is 6.42 Å². The fourth-order valence-electron chi connectivity index (χ4n) is 4.76. The Morgan fingerprint density at radius 1 is 1.38 bits per heavy atom. The summed E-state index contributed by atoms with van der Waals surface area (Å²) in [5.41, 5.74) is 0. The van der Waals surface area contributed by atoms with Gasteiger partial charge in [-0.2, -0.15) is 0 Å². The van der Waals surface area contributed by atoms with Crippen LogP contribution in [0.2, 0.25) is 0 Å². The molecule has 5 heteroatoms. The Morgan fingerprint density at radius 3 is 2.57 bits per heavy atom. The van der Waals surface area contributed by atoms with Crippen LogP contribution in [0.4, 0.5) is 0 Å². The number of likely N-dealkylation sites (tertiary alicyclic amines) is 1. The highest BCUT2D eigenvalue weighted by molar-refractivity contribution is 5.93. The van der Waals surface area contributed by atoms with Crippen molar-refractivity contribution < 1.29 is 14.7 Å². The first kappa shape index (κ1) is 14.8. The second kappa shape index (κ2) is 5.27. The molecule has 0 aromatic heterocycles. The van der Waals surface area contributed by atoms with E-state index >= 15 is 0 Å². The summed E-state index contributed by atoms with van der Waals surface area (Å²) in [4.78, 5) is 25.7. The average molecular weight is 294 g/mol.